The van der Waals surface area contributed by atoms with Gasteiger partial charge in [0.1, 0.15) is 5.82 Å². The molecule has 0 saturated carbocycles. The van der Waals surface area contributed by atoms with E-state index < -0.39 is 5.82 Å². The number of carbonyl (C=O) groups is 1. The minimum Gasteiger partial charge on any atom is -0.352 e. The van der Waals surface area contributed by atoms with Gasteiger partial charge in [0.25, 0.3) is 5.91 Å². The van der Waals surface area contributed by atoms with Crippen molar-refractivity contribution in [2.45, 2.75) is 26.8 Å². The largest absolute Gasteiger partial charge is 0.352 e. The van der Waals surface area contributed by atoms with Crippen LogP contribution in [0, 0.1) is 19.7 Å². The van der Waals surface area contributed by atoms with Crippen LogP contribution >= 0.6 is 11.6 Å². The molecule has 1 N–H and O–H groups in total. The van der Waals surface area contributed by atoms with Crippen molar-refractivity contribution in [3.63, 3.8) is 0 Å². The maximum absolute atomic E-state index is 13.0. The monoisotopic (exact) mass is 309 g/mol. The summed E-state index contributed by atoms with van der Waals surface area (Å²) in [5, 5.41) is 7.76. The molecular formula is C15H17ClFN3O. The van der Waals surface area contributed by atoms with Gasteiger partial charge >= 0.3 is 0 Å². The third-order valence-electron chi connectivity index (χ3n) is 3.21. The highest BCUT2D eigenvalue weighted by molar-refractivity contribution is 6.31. The molecule has 0 atom stereocenters. The number of nitrogens with zero attached hydrogens (tertiary/aromatic N) is 2. The van der Waals surface area contributed by atoms with Gasteiger partial charge in [0.2, 0.25) is 0 Å². The number of aromatic nitrogens is 2. The van der Waals surface area contributed by atoms with Crippen molar-refractivity contribution in [2.75, 3.05) is 6.54 Å². The summed E-state index contributed by atoms with van der Waals surface area (Å²) in [5.74, 6) is -0.694. The fraction of sp³-hybridized carbons (Fsp3) is 0.333. The van der Waals surface area contributed by atoms with Crippen molar-refractivity contribution in [2.24, 2.45) is 0 Å². The Bertz CT molecular complexity index is 654. The first-order chi connectivity index (χ1) is 9.99. The van der Waals surface area contributed by atoms with Crippen LogP contribution in [0.5, 0.6) is 0 Å². The van der Waals surface area contributed by atoms with E-state index in [4.69, 9.17) is 11.6 Å². The van der Waals surface area contributed by atoms with Gasteiger partial charge in [-0.05, 0) is 38.5 Å². The minimum absolute atomic E-state index is 0.277. The van der Waals surface area contributed by atoms with E-state index in [1.54, 1.807) is 6.07 Å². The van der Waals surface area contributed by atoms with Crippen LogP contribution in [-0.2, 0) is 6.54 Å². The lowest BCUT2D eigenvalue weighted by molar-refractivity contribution is 0.0952. The molecule has 0 spiro atoms. The van der Waals surface area contributed by atoms with Crippen LogP contribution in [0.2, 0.25) is 5.02 Å². The molecule has 0 radical (unpaired) electrons. The van der Waals surface area contributed by atoms with Gasteiger partial charge < -0.3 is 5.32 Å². The number of aryl methyl sites for hydroxylation is 2. The van der Waals surface area contributed by atoms with Gasteiger partial charge in [0, 0.05) is 18.7 Å². The number of nitrogens with one attached hydrogen (secondary N) is 1. The van der Waals surface area contributed by atoms with Crippen LogP contribution in [0.15, 0.2) is 24.3 Å². The second-order valence-electron chi connectivity index (χ2n) is 4.83. The summed E-state index contributed by atoms with van der Waals surface area (Å²) < 4.78 is 14.8. The molecule has 0 aliphatic heterocycles. The summed E-state index contributed by atoms with van der Waals surface area (Å²) in [5.41, 5.74) is 2.05. The van der Waals surface area contributed by atoms with E-state index in [1.807, 2.05) is 18.5 Å². The number of halogens is 2. The Hall–Kier alpha value is -1.88. The maximum atomic E-state index is 13.0. The van der Waals surface area contributed by atoms with E-state index in [9.17, 15) is 9.18 Å². The van der Waals surface area contributed by atoms with Crippen LogP contribution in [0.4, 0.5) is 4.39 Å². The number of carbonyl (C=O) groups excluding carboxylic acids is 1. The minimum atomic E-state index is -0.417. The van der Waals surface area contributed by atoms with E-state index in [1.165, 1.54) is 18.2 Å². The Morgan fingerprint density at radius 2 is 2.19 bits per heavy atom. The number of benzene rings is 1. The molecule has 0 aliphatic carbocycles. The van der Waals surface area contributed by atoms with Gasteiger partial charge in [-0.3, -0.25) is 9.48 Å². The van der Waals surface area contributed by atoms with Gasteiger partial charge in [-0.15, -0.1) is 0 Å². The zero-order valence-electron chi connectivity index (χ0n) is 12.0. The van der Waals surface area contributed by atoms with E-state index in [0.717, 1.165) is 17.8 Å². The standard InChI is InChI=1S/C15H17ClFN3O/c1-10-14(16)11(2)20(19-10)8-4-7-18-15(21)12-5-3-6-13(17)9-12/h3,5-6,9H,4,7-8H2,1-2H3,(H,18,21). The molecule has 1 aromatic heterocycles. The van der Waals surface area contributed by atoms with Gasteiger partial charge in [0.15, 0.2) is 0 Å². The highest BCUT2D eigenvalue weighted by Gasteiger charge is 2.09. The first-order valence-corrected chi connectivity index (χ1v) is 7.10. The molecule has 0 saturated heterocycles. The Morgan fingerprint density at radius 3 is 2.81 bits per heavy atom. The Labute approximate surface area is 127 Å². The van der Waals surface area contributed by atoms with Crippen LogP contribution in [-0.4, -0.2) is 22.2 Å². The van der Waals surface area contributed by atoms with Crippen molar-refractivity contribution in [1.29, 1.82) is 0 Å². The van der Waals surface area contributed by atoms with Gasteiger partial charge in [-0.1, -0.05) is 17.7 Å². The zero-order chi connectivity index (χ0) is 15.4. The third-order valence-corrected chi connectivity index (χ3v) is 3.76. The Balaban J connectivity index is 1.82. The molecule has 21 heavy (non-hydrogen) atoms. The lowest BCUT2D eigenvalue weighted by Gasteiger charge is -2.07. The molecule has 1 aromatic carbocycles. The van der Waals surface area contributed by atoms with Crippen LogP contribution in [0.3, 0.4) is 0 Å². The third kappa shape index (κ3) is 3.82. The fourth-order valence-electron chi connectivity index (χ4n) is 2.06. The van der Waals surface area contributed by atoms with Crippen molar-refractivity contribution < 1.29 is 9.18 Å². The molecule has 4 nitrogen and oxygen atoms in total. The van der Waals surface area contributed by atoms with E-state index in [-0.39, 0.29) is 5.91 Å². The van der Waals surface area contributed by atoms with Crippen molar-refractivity contribution >= 4 is 17.5 Å². The molecule has 1 heterocycles. The van der Waals surface area contributed by atoms with Gasteiger partial charge in [-0.2, -0.15) is 5.10 Å². The molecule has 0 unspecified atom stereocenters. The number of rotatable bonds is 5. The average molecular weight is 310 g/mol. The summed E-state index contributed by atoms with van der Waals surface area (Å²) >= 11 is 6.07. The molecule has 112 valence electrons. The predicted octanol–water partition coefficient (Wildman–Crippen LogP) is 3.11. The normalized spacial score (nSPS) is 10.7. The topological polar surface area (TPSA) is 46.9 Å². The smallest absolute Gasteiger partial charge is 0.251 e. The van der Waals surface area contributed by atoms with Crippen LogP contribution in [0.1, 0.15) is 28.2 Å². The molecule has 0 fully saturated rings. The quantitative estimate of drug-likeness (QED) is 0.863. The molecule has 2 aromatic rings. The highest BCUT2D eigenvalue weighted by Crippen LogP contribution is 2.18. The lowest BCUT2D eigenvalue weighted by Crippen LogP contribution is -2.25. The highest BCUT2D eigenvalue weighted by atomic mass is 35.5. The summed E-state index contributed by atoms with van der Waals surface area (Å²) in [6, 6.07) is 5.63. The second kappa shape index (κ2) is 6.72. The number of hydrogen-bond acceptors (Lipinski definition) is 2. The Morgan fingerprint density at radius 1 is 1.43 bits per heavy atom. The van der Waals surface area contributed by atoms with Gasteiger partial charge in [0.05, 0.1) is 16.4 Å². The van der Waals surface area contributed by atoms with Crippen LogP contribution < -0.4 is 5.32 Å². The molecular weight excluding hydrogens is 293 g/mol. The molecule has 0 bridgehead atoms. The molecule has 0 aliphatic rings. The zero-order valence-corrected chi connectivity index (χ0v) is 12.7. The summed E-state index contributed by atoms with van der Waals surface area (Å²) in [4.78, 5) is 11.8. The molecule has 1 amide bonds. The summed E-state index contributed by atoms with van der Waals surface area (Å²) in [7, 11) is 0. The molecule has 2 rings (SSSR count). The van der Waals surface area contributed by atoms with E-state index >= 15 is 0 Å². The van der Waals surface area contributed by atoms with Crippen LogP contribution in [0.25, 0.3) is 0 Å². The molecule has 6 heteroatoms. The first-order valence-electron chi connectivity index (χ1n) is 6.72. The number of hydrogen-bond donors (Lipinski definition) is 1. The van der Waals surface area contributed by atoms with Gasteiger partial charge in [-0.25, -0.2) is 4.39 Å². The summed E-state index contributed by atoms with van der Waals surface area (Å²) in [6.07, 6.45) is 0.722. The lowest BCUT2D eigenvalue weighted by atomic mass is 10.2. The predicted molar refractivity (Wildman–Crippen MR) is 80.1 cm³/mol. The maximum Gasteiger partial charge on any atom is 0.251 e. The SMILES string of the molecule is Cc1nn(CCCNC(=O)c2cccc(F)c2)c(C)c1Cl. The van der Waals surface area contributed by atoms with E-state index in [0.29, 0.717) is 23.7 Å². The van der Waals surface area contributed by atoms with Crippen molar-refractivity contribution in [3.05, 3.63) is 52.1 Å². The summed E-state index contributed by atoms with van der Waals surface area (Å²) in [6.45, 7) is 4.93. The number of amides is 1. The van der Waals surface area contributed by atoms with E-state index in [2.05, 4.69) is 10.4 Å². The van der Waals surface area contributed by atoms with Crippen molar-refractivity contribution in [3.8, 4) is 0 Å². The second-order valence-corrected chi connectivity index (χ2v) is 5.21. The van der Waals surface area contributed by atoms with Crippen molar-refractivity contribution in [1.82, 2.24) is 15.1 Å². The first kappa shape index (κ1) is 15.5. The Kier molecular flexibility index (Phi) is 4.96. The fourth-order valence-corrected chi connectivity index (χ4v) is 2.19. The average Bonchev–Trinajstić information content (AvgIpc) is 2.71.